The number of hydrogen-bond acceptors (Lipinski definition) is 2. The van der Waals surface area contributed by atoms with E-state index in [1.807, 2.05) is 18.2 Å². The number of nitrogens with zero attached hydrogens (tertiary/aromatic N) is 1. The number of hydrogen-bond donors (Lipinski definition) is 0. The van der Waals surface area contributed by atoms with E-state index in [-0.39, 0.29) is 11.9 Å². The zero-order valence-electron chi connectivity index (χ0n) is 17.4. The standard InChI is InChI=1S/C27H30FNO/c28-26-13-7-8-23(20-26)21-29-17-14-22(15-18-29)16-19-30-27(24-9-3-1-4-10-24)25-11-5-2-6-12-25/h1-13,20,22,27H,14-19,21H2. The van der Waals surface area contributed by atoms with Crippen LogP contribution in [0.25, 0.3) is 0 Å². The first-order valence-electron chi connectivity index (χ1n) is 11.0. The average Bonchev–Trinajstić information content (AvgIpc) is 2.79. The molecular weight excluding hydrogens is 373 g/mol. The van der Waals surface area contributed by atoms with Crippen molar-refractivity contribution in [3.05, 3.63) is 107 Å². The van der Waals surface area contributed by atoms with E-state index in [0.29, 0.717) is 5.92 Å². The molecule has 0 unspecified atom stereocenters. The highest BCUT2D eigenvalue weighted by Gasteiger charge is 2.20. The van der Waals surface area contributed by atoms with Crippen molar-refractivity contribution in [3.63, 3.8) is 0 Å². The molecule has 1 heterocycles. The molecule has 0 radical (unpaired) electrons. The van der Waals surface area contributed by atoms with E-state index in [0.717, 1.165) is 38.2 Å². The van der Waals surface area contributed by atoms with Crippen LogP contribution in [0.15, 0.2) is 84.9 Å². The lowest BCUT2D eigenvalue weighted by Crippen LogP contribution is -2.33. The Balaban J connectivity index is 1.26. The summed E-state index contributed by atoms with van der Waals surface area (Å²) in [5.41, 5.74) is 3.47. The van der Waals surface area contributed by atoms with Crippen molar-refractivity contribution in [2.75, 3.05) is 19.7 Å². The average molecular weight is 404 g/mol. The first kappa shape index (κ1) is 20.8. The molecule has 1 saturated heterocycles. The van der Waals surface area contributed by atoms with Crippen LogP contribution < -0.4 is 0 Å². The van der Waals surface area contributed by atoms with Gasteiger partial charge in [-0.1, -0.05) is 72.8 Å². The van der Waals surface area contributed by atoms with Crippen LogP contribution >= 0.6 is 0 Å². The zero-order valence-corrected chi connectivity index (χ0v) is 17.4. The van der Waals surface area contributed by atoms with E-state index in [9.17, 15) is 4.39 Å². The van der Waals surface area contributed by atoms with Crippen LogP contribution in [0.1, 0.15) is 42.1 Å². The quantitative estimate of drug-likeness (QED) is 0.442. The summed E-state index contributed by atoms with van der Waals surface area (Å²) >= 11 is 0. The van der Waals surface area contributed by atoms with Crippen LogP contribution in [0.4, 0.5) is 4.39 Å². The molecule has 0 aromatic heterocycles. The Labute approximate surface area is 179 Å². The Morgan fingerprint density at radius 2 is 1.47 bits per heavy atom. The van der Waals surface area contributed by atoms with Gasteiger partial charge in [0.2, 0.25) is 0 Å². The van der Waals surface area contributed by atoms with Crippen molar-refractivity contribution in [2.45, 2.75) is 31.9 Å². The fourth-order valence-electron chi connectivity index (χ4n) is 4.32. The smallest absolute Gasteiger partial charge is 0.123 e. The van der Waals surface area contributed by atoms with Crippen LogP contribution in [0.3, 0.4) is 0 Å². The summed E-state index contributed by atoms with van der Waals surface area (Å²) in [4.78, 5) is 2.43. The van der Waals surface area contributed by atoms with Gasteiger partial charge in [-0.15, -0.1) is 0 Å². The molecule has 156 valence electrons. The van der Waals surface area contributed by atoms with Gasteiger partial charge in [0.1, 0.15) is 11.9 Å². The predicted octanol–water partition coefficient (Wildman–Crippen LogP) is 6.23. The van der Waals surface area contributed by atoms with Gasteiger partial charge in [-0.3, -0.25) is 4.90 Å². The van der Waals surface area contributed by atoms with Crippen LogP contribution in [0.5, 0.6) is 0 Å². The highest BCUT2D eigenvalue weighted by molar-refractivity contribution is 5.29. The lowest BCUT2D eigenvalue weighted by molar-refractivity contribution is 0.0596. The summed E-state index contributed by atoms with van der Waals surface area (Å²) in [6.07, 6.45) is 3.43. The summed E-state index contributed by atoms with van der Waals surface area (Å²) in [5, 5.41) is 0. The topological polar surface area (TPSA) is 12.5 Å². The minimum atomic E-state index is -0.147. The molecule has 4 rings (SSSR count). The fourth-order valence-corrected chi connectivity index (χ4v) is 4.32. The molecule has 0 amide bonds. The summed E-state index contributed by atoms with van der Waals surface area (Å²) in [7, 11) is 0. The molecule has 30 heavy (non-hydrogen) atoms. The molecule has 2 nitrogen and oxygen atoms in total. The van der Waals surface area contributed by atoms with E-state index in [1.54, 1.807) is 12.1 Å². The predicted molar refractivity (Wildman–Crippen MR) is 120 cm³/mol. The van der Waals surface area contributed by atoms with Gasteiger partial charge >= 0.3 is 0 Å². The van der Waals surface area contributed by atoms with Crippen molar-refractivity contribution in [2.24, 2.45) is 5.92 Å². The molecule has 1 aliphatic heterocycles. The number of halogens is 1. The second-order valence-electron chi connectivity index (χ2n) is 8.21. The summed E-state index contributed by atoms with van der Waals surface area (Å²) in [6.45, 7) is 3.75. The molecular formula is C27H30FNO. The molecule has 0 bridgehead atoms. The summed E-state index contributed by atoms with van der Waals surface area (Å²) < 4.78 is 19.8. The van der Waals surface area contributed by atoms with Gasteiger partial charge in [0.05, 0.1) is 0 Å². The molecule has 0 N–H and O–H groups in total. The van der Waals surface area contributed by atoms with Gasteiger partial charge in [-0.05, 0) is 67.1 Å². The van der Waals surface area contributed by atoms with E-state index >= 15 is 0 Å². The highest BCUT2D eigenvalue weighted by Crippen LogP contribution is 2.28. The molecule has 3 aromatic rings. The van der Waals surface area contributed by atoms with Gasteiger partial charge in [0.15, 0.2) is 0 Å². The third-order valence-electron chi connectivity index (χ3n) is 6.02. The lowest BCUT2D eigenvalue weighted by atomic mass is 9.93. The van der Waals surface area contributed by atoms with Gasteiger partial charge in [-0.25, -0.2) is 4.39 Å². The van der Waals surface area contributed by atoms with Crippen LogP contribution in [0.2, 0.25) is 0 Å². The lowest BCUT2D eigenvalue weighted by Gasteiger charge is -2.32. The molecule has 1 aliphatic rings. The van der Waals surface area contributed by atoms with Crippen molar-refractivity contribution in [1.29, 1.82) is 0 Å². The van der Waals surface area contributed by atoms with E-state index in [4.69, 9.17) is 4.74 Å². The monoisotopic (exact) mass is 403 g/mol. The molecule has 3 heteroatoms. The van der Waals surface area contributed by atoms with E-state index in [2.05, 4.69) is 53.4 Å². The third kappa shape index (κ3) is 5.78. The molecule has 3 aromatic carbocycles. The second kappa shape index (κ2) is 10.5. The molecule has 0 aliphatic carbocycles. The van der Waals surface area contributed by atoms with Crippen molar-refractivity contribution in [1.82, 2.24) is 4.90 Å². The minimum absolute atomic E-state index is 0.0135. The molecule has 0 saturated carbocycles. The maximum absolute atomic E-state index is 13.4. The Hall–Kier alpha value is -2.49. The van der Waals surface area contributed by atoms with Crippen LogP contribution in [-0.2, 0) is 11.3 Å². The van der Waals surface area contributed by atoms with E-state index in [1.165, 1.54) is 30.0 Å². The highest BCUT2D eigenvalue weighted by atomic mass is 19.1. The van der Waals surface area contributed by atoms with Gasteiger partial charge in [0, 0.05) is 13.2 Å². The number of likely N-dealkylation sites (tertiary alicyclic amines) is 1. The first-order chi connectivity index (χ1) is 14.8. The van der Waals surface area contributed by atoms with Crippen molar-refractivity contribution < 1.29 is 9.13 Å². The zero-order chi connectivity index (χ0) is 20.6. The van der Waals surface area contributed by atoms with Crippen LogP contribution in [-0.4, -0.2) is 24.6 Å². The summed E-state index contributed by atoms with van der Waals surface area (Å²) in [5.74, 6) is 0.548. The van der Waals surface area contributed by atoms with Gasteiger partial charge in [-0.2, -0.15) is 0 Å². The SMILES string of the molecule is Fc1cccc(CN2CCC(CCOC(c3ccccc3)c3ccccc3)CC2)c1. The summed E-state index contributed by atoms with van der Waals surface area (Å²) in [6, 6.07) is 27.9. The maximum atomic E-state index is 13.4. The second-order valence-corrected chi connectivity index (χ2v) is 8.21. The number of piperidine rings is 1. The largest absolute Gasteiger partial charge is 0.369 e. The fraction of sp³-hybridized carbons (Fsp3) is 0.333. The Bertz CT molecular complexity index is 852. The number of ether oxygens (including phenoxy) is 1. The van der Waals surface area contributed by atoms with Crippen LogP contribution in [0, 0.1) is 11.7 Å². The van der Waals surface area contributed by atoms with Gasteiger partial charge in [0.25, 0.3) is 0 Å². The Morgan fingerprint density at radius 1 is 0.833 bits per heavy atom. The maximum Gasteiger partial charge on any atom is 0.123 e. The Morgan fingerprint density at radius 3 is 2.07 bits per heavy atom. The van der Waals surface area contributed by atoms with Gasteiger partial charge < -0.3 is 4.74 Å². The first-order valence-corrected chi connectivity index (χ1v) is 11.0. The molecule has 0 spiro atoms. The minimum Gasteiger partial charge on any atom is -0.369 e. The normalized spacial score (nSPS) is 15.5. The molecule has 0 atom stereocenters. The van der Waals surface area contributed by atoms with Crippen molar-refractivity contribution >= 4 is 0 Å². The number of rotatable bonds is 8. The molecule has 1 fully saturated rings. The number of benzene rings is 3. The Kier molecular flexibility index (Phi) is 7.28. The third-order valence-corrected chi connectivity index (χ3v) is 6.02. The van der Waals surface area contributed by atoms with Crippen molar-refractivity contribution in [3.8, 4) is 0 Å². The van der Waals surface area contributed by atoms with E-state index < -0.39 is 0 Å².